The van der Waals surface area contributed by atoms with E-state index < -0.39 is 0 Å². The molecule has 0 unspecified atom stereocenters. The standard InChI is InChI=1S/C6H4Cl2IN/c7-3-1-2-4(9)6(10)5(3)8/h1-2H,10H2. The quantitative estimate of drug-likeness (QED) is 0.443. The first-order chi connectivity index (χ1) is 4.63. The summed E-state index contributed by atoms with van der Waals surface area (Å²) in [6.07, 6.45) is 0. The lowest BCUT2D eigenvalue weighted by Crippen LogP contribution is -1.89. The van der Waals surface area contributed by atoms with Crippen LogP contribution >= 0.6 is 45.8 Å². The largest absolute Gasteiger partial charge is 0.397 e. The zero-order chi connectivity index (χ0) is 7.72. The van der Waals surface area contributed by atoms with E-state index in [-0.39, 0.29) is 0 Å². The number of benzene rings is 1. The van der Waals surface area contributed by atoms with E-state index in [0.717, 1.165) is 3.57 Å². The van der Waals surface area contributed by atoms with Crippen LogP contribution in [0.4, 0.5) is 5.69 Å². The number of halogens is 3. The Hall–Kier alpha value is 0.330. The molecule has 4 heteroatoms. The normalized spacial score (nSPS) is 9.90. The van der Waals surface area contributed by atoms with Crippen LogP contribution in [0.1, 0.15) is 0 Å². The van der Waals surface area contributed by atoms with E-state index in [1.165, 1.54) is 0 Å². The van der Waals surface area contributed by atoms with Crippen LogP contribution in [-0.2, 0) is 0 Å². The molecule has 0 saturated carbocycles. The van der Waals surface area contributed by atoms with Gasteiger partial charge in [0.2, 0.25) is 0 Å². The van der Waals surface area contributed by atoms with Gasteiger partial charge in [-0.3, -0.25) is 0 Å². The molecule has 0 fully saturated rings. The molecule has 1 rings (SSSR count). The van der Waals surface area contributed by atoms with Gasteiger partial charge in [0, 0.05) is 3.57 Å². The molecular weight excluding hydrogens is 284 g/mol. The fourth-order valence-corrected chi connectivity index (χ4v) is 1.48. The van der Waals surface area contributed by atoms with E-state index in [9.17, 15) is 0 Å². The topological polar surface area (TPSA) is 26.0 Å². The van der Waals surface area contributed by atoms with Gasteiger partial charge in [-0.1, -0.05) is 23.2 Å². The number of hydrogen-bond donors (Lipinski definition) is 1. The van der Waals surface area contributed by atoms with Crippen LogP contribution in [0, 0.1) is 3.57 Å². The van der Waals surface area contributed by atoms with Crippen molar-refractivity contribution in [3.63, 3.8) is 0 Å². The fraction of sp³-hybridized carbons (Fsp3) is 0. The first-order valence-electron chi connectivity index (χ1n) is 2.52. The smallest absolute Gasteiger partial charge is 0.0832 e. The molecule has 0 aliphatic carbocycles. The summed E-state index contributed by atoms with van der Waals surface area (Å²) in [6.45, 7) is 0. The van der Waals surface area contributed by atoms with E-state index in [4.69, 9.17) is 28.9 Å². The third kappa shape index (κ3) is 1.49. The predicted molar refractivity (Wildman–Crippen MR) is 53.6 cm³/mol. The zero-order valence-electron chi connectivity index (χ0n) is 4.87. The van der Waals surface area contributed by atoms with E-state index in [2.05, 4.69) is 22.6 Å². The van der Waals surface area contributed by atoms with Gasteiger partial charge in [0.1, 0.15) is 0 Å². The summed E-state index contributed by atoms with van der Waals surface area (Å²) >= 11 is 13.5. The molecule has 0 saturated heterocycles. The average Bonchev–Trinajstić information content (AvgIpc) is 1.93. The molecule has 54 valence electrons. The maximum absolute atomic E-state index is 5.72. The van der Waals surface area contributed by atoms with Crippen LogP contribution in [0.15, 0.2) is 12.1 Å². The van der Waals surface area contributed by atoms with Crippen molar-refractivity contribution in [1.29, 1.82) is 0 Å². The van der Waals surface area contributed by atoms with Gasteiger partial charge < -0.3 is 5.73 Å². The van der Waals surface area contributed by atoms with Gasteiger partial charge in [-0.2, -0.15) is 0 Å². The van der Waals surface area contributed by atoms with Crippen molar-refractivity contribution in [3.05, 3.63) is 25.7 Å². The summed E-state index contributed by atoms with van der Waals surface area (Å²) in [5.41, 5.74) is 6.11. The monoisotopic (exact) mass is 287 g/mol. The van der Waals surface area contributed by atoms with Gasteiger partial charge in [-0.25, -0.2) is 0 Å². The summed E-state index contributed by atoms with van der Waals surface area (Å²) in [5, 5.41) is 0.938. The number of nitrogen functional groups attached to an aromatic ring is 1. The lowest BCUT2D eigenvalue weighted by atomic mass is 10.3. The van der Waals surface area contributed by atoms with Crippen molar-refractivity contribution in [2.45, 2.75) is 0 Å². The first-order valence-corrected chi connectivity index (χ1v) is 4.35. The minimum absolute atomic E-state index is 0.438. The van der Waals surface area contributed by atoms with Crippen molar-refractivity contribution in [2.24, 2.45) is 0 Å². The van der Waals surface area contributed by atoms with Gasteiger partial charge in [0.25, 0.3) is 0 Å². The van der Waals surface area contributed by atoms with Crippen molar-refractivity contribution in [1.82, 2.24) is 0 Å². The maximum atomic E-state index is 5.72. The van der Waals surface area contributed by atoms with Crippen LogP contribution < -0.4 is 5.73 Å². The Morgan fingerprint density at radius 3 is 2.40 bits per heavy atom. The first kappa shape index (κ1) is 8.43. The molecule has 10 heavy (non-hydrogen) atoms. The molecule has 1 nitrogen and oxygen atoms in total. The van der Waals surface area contributed by atoms with Crippen LogP contribution in [0.2, 0.25) is 10.0 Å². The van der Waals surface area contributed by atoms with E-state index in [0.29, 0.717) is 15.7 Å². The van der Waals surface area contributed by atoms with E-state index >= 15 is 0 Å². The Labute approximate surface area is 82.6 Å². The molecule has 1 aromatic rings. The summed E-state index contributed by atoms with van der Waals surface area (Å²) in [5.74, 6) is 0. The third-order valence-electron chi connectivity index (χ3n) is 1.08. The van der Waals surface area contributed by atoms with Gasteiger partial charge in [0.05, 0.1) is 15.7 Å². The summed E-state index contributed by atoms with van der Waals surface area (Å²) in [7, 11) is 0. The Kier molecular flexibility index (Phi) is 2.66. The molecule has 0 heterocycles. The summed E-state index contributed by atoms with van der Waals surface area (Å²) < 4.78 is 0.923. The van der Waals surface area contributed by atoms with Crippen LogP contribution in [0.5, 0.6) is 0 Å². The lowest BCUT2D eigenvalue weighted by molar-refractivity contribution is 1.62. The number of rotatable bonds is 0. The SMILES string of the molecule is Nc1c(I)ccc(Cl)c1Cl. The Bertz CT molecular complexity index is 235. The average molecular weight is 288 g/mol. The second kappa shape index (κ2) is 3.15. The van der Waals surface area contributed by atoms with Crippen molar-refractivity contribution in [2.75, 3.05) is 5.73 Å². The van der Waals surface area contributed by atoms with Gasteiger partial charge in [0.15, 0.2) is 0 Å². The molecule has 0 aliphatic rings. The van der Waals surface area contributed by atoms with Crippen LogP contribution in [-0.4, -0.2) is 0 Å². The molecule has 0 aliphatic heterocycles. The zero-order valence-corrected chi connectivity index (χ0v) is 8.54. The molecule has 0 spiro atoms. The molecule has 0 radical (unpaired) electrons. The minimum Gasteiger partial charge on any atom is -0.397 e. The fourth-order valence-electron chi connectivity index (χ4n) is 0.543. The Morgan fingerprint density at radius 1 is 1.30 bits per heavy atom. The molecule has 1 aromatic carbocycles. The number of nitrogens with two attached hydrogens (primary N) is 1. The molecule has 0 amide bonds. The third-order valence-corrected chi connectivity index (χ3v) is 2.84. The van der Waals surface area contributed by atoms with Gasteiger partial charge in [-0.15, -0.1) is 0 Å². The highest BCUT2D eigenvalue weighted by atomic mass is 127. The molecule has 2 N–H and O–H groups in total. The minimum atomic E-state index is 0.438. The molecular formula is C6H4Cl2IN. The van der Waals surface area contributed by atoms with Crippen molar-refractivity contribution < 1.29 is 0 Å². The van der Waals surface area contributed by atoms with E-state index in [1.807, 2.05) is 6.07 Å². The van der Waals surface area contributed by atoms with E-state index in [1.54, 1.807) is 6.07 Å². The second-order valence-electron chi connectivity index (χ2n) is 1.76. The number of hydrogen-bond acceptors (Lipinski definition) is 1. The highest BCUT2D eigenvalue weighted by Crippen LogP contribution is 2.31. The Morgan fingerprint density at radius 2 is 1.90 bits per heavy atom. The van der Waals surface area contributed by atoms with Gasteiger partial charge >= 0.3 is 0 Å². The molecule has 0 bridgehead atoms. The van der Waals surface area contributed by atoms with Crippen LogP contribution in [0.25, 0.3) is 0 Å². The lowest BCUT2D eigenvalue weighted by Gasteiger charge is -2.01. The molecule has 0 aromatic heterocycles. The van der Waals surface area contributed by atoms with Crippen LogP contribution in [0.3, 0.4) is 0 Å². The highest BCUT2D eigenvalue weighted by Gasteiger charge is 2.03. The second-order valence-corrected chi connectivity index (χ2v) is 3.70. The maximum Gasteiger partial charge on any atom is 0.0832 e. The highest BCUT2D eigenvalue weighted by molar-refractivity contribution is 14.1. The molecule has 0 atom stereocenters. The summed E-state index contributed by atoms with van der Waals surface area (Å²) in [6, 6.07) is 3.55. The Balaban J connectivity index is 3.34. The predicted octanol–water partition coefficient (Wildman–Crippen LogP) is 3.18. The van der Waals surface area contributed by atoms with Gasteiger partial charge in [-0.05, 0) is 34.7 Å². The summed E-state index contributed by atoms with van der Waals surface area (Å²) in [4.78, 5) is 0. The number of anilines is 1. The van der Waals surface area contributed by atoms with Crippen molar-refractivity contribution >= 4 is 51.5 Å². The van der Waals surface area contributed by atoms with Crippen molar-refractivity contribution in [3.8, 4) is 0 Å².